The normalized spacial score (nSPS) is 16.6. The first-order chi connectivity index (χ1) is 14.2. The number of ether oxygens (including phenoxy) is 2. The van der Waals surface area contributed by atoms with E-state index in [9.17, 15) is 0 Å². The summed E-state index contributed by atoms with van der Waals surface area (Å²) in [5.74, 6) is 1.89. The molecule has 0 amide bonds. The van der Waals surface area contributed by atoms with E-state index in [-0.39, 0.29) is 6.79 Å². The number of hydrogen-bond acceptors (Lipinski definition) is 8. The molecule has 0 atom stereocenters. The lowest BCUT2D eigenvalue weighted by atomic mass is 10.1. The van der Waals surface area contributed by atoms with Gasteiger partial charge in [-0.2, -0.15) is 0 Å². The van der Waals surface area contributed by atoms with Crippen LogP contribution in [0.4, 0.5) is 5.82 Å². The van der Waals surface area contributed by atoms with Crippen molar-refractivity contribution in [3.63, 3.8) is 0 Å². The molecule has 29 heavy (non-hydrogen) atoms. The first kappa shape index (κ1) is 19.0. The van der Waals surface area contributed by atoms with Gasteiger partial charge >= 0.3 is 0 Å². The molecule has 0 bridgehead atoms. The molecule has 2 aliphatic heterocycles. The van der Waals surface area contributed by atoms with Crippen molar-refractivity contribution in [3.05, 3.63) is 22.9 Å². The maximum Gasteiger partial charge on any atom is 0.231 e. The van der Waals surface area contributed by atoms with Crippen molar-refractivity contribution < 1.29 is 9.47 Å². The zero-order chi connectivity index (χ0) is 19.8. The van der Waals surface area contributed by atoms with Crippen molar-refractivity contribution in [3.8, 4) is 11.5 Å². The molecule has 1 aromatic carbocycles. The number of hydrogen-bond donors (Lipinski definition) is 1. The minimum Gasteiger partial charge on any atom is -0.454 e. The number of nitrogens with two attached hydrogens (primary N) is 1. The quantitative estimate of drug-likeness (QED) is 0.597. The van der Waals surface area contributed by atoms with Crippen molar-refractivity contribution >= 4 is 44.7 Å². The van der Waals surface area contributed by atoms with Gasteiger partial charge in [0.05, 0.1) is 0 Å². The summed E-state index contributed by atoms with van der Waals surface area (Å²) in [5, 5.41) is 0.837. The van der Waals surface area contributed by atoms with Crippen LogP contribution in [-0.4, -0.2) is 50.8 Å². The monoisotopic (exact) mass is 476 g/mol. The second-order valence-electron chi connectivity index (χ2n) is 7.12. The molecule has 1 fully saturated rings. The fraction of sp³-hybridized carbons (Fsp3) is 0.421. The number of likely N-dealkylation sites (tertiary alicyclic amines) is 1. The highest BCUT2D eigenvalue weighted by atomic mass is 79.9. The third-order valence-corrected chi connectivity index (χ3v) is 7.21. The van der Waals surface area contributed by atoms with Gasteiger partial charge in [-0.15, -0.1) is 0 Å². The number of halogens is 1. The van der Waals surface area contributed by atoms with E-state index in [1.807, 2.05) is 12.1 Å². The molecule has 0 saturated carbocycles. The van der Waals surface area contributed by atoms with Gasteiger partial charge in [-0.1, -0.05) is 18.2 Å². The fourth-order valence-corrected chi connectivity index (χ4v) is 5.22. The van der Waals surface area contributed by atoms with E-state index in [2.05, 4.69) is 35.4 Å². The average molecular weight is 477 g/mol. The number of nitrogen functional groups attached to an aromatic ring is 1. The maximum atomic E-state index is 6.08. The molecule has 0 aliphatic carbocycles. The van der Waals surface area contributed by atoms with Gasteiger partial charge < -0.3 is 24.7 Å². The third-order valence-electron chi connectivity index (χ3n) is 5.24. The molecule has 4 heterocycles. The van der Waals surface area contributed by atoms with Crippen molar-refractivity contribution in [2.24, 2.45) is 0 Å². The molecular formula is C19H21BrN6O2S. The Hall–Kier alpha value is -2.04. The topological polar surface area (TPSA) is 91.3 Å². The molecule has 152 valence electrons. The van der Waals surface area contributed by atoms with Crippen molar-refractivity contribution in [1.29, 1.82) is 0 Å². The van der Waals surface area contributed by atoms with Gasteiger partial charge in [-0.3, -0.25) is 0 Å². The SMILES string of the molecule is Nc1ncnc2c1nc(Sc1cc3c(cc1Br)OCO3)n2CCN1CCCCC1. The summed E-state index contributed by atoms with van der Waals surface area (Å²) in [6, 6.07) is 3.90. The number of fused-ring (bicyclic) bond motifs is 2. The Balaban J connectivity index is 1.48. The summed E-state index contributed by atoms with van der Waals surface area (Å²) in [6.45, 7) is 4.32. The lowest BCUT2D eigenvalue weighted by molar-refractivity contribution is 0.174. The number of imidazole rings is 1. The van der Waals surface area contributed by atoms with Crippen LogP contribution < -0.4 is 15.2 Å². The predicted octanol–water partition coefficient (Wildman–Crippen LogP) is 3.54. The maximum absolute atomic E-state index is 6.08. The van der Waals surface area contributed by atoms with Gasteiger partial charge in [0.2, 0.25) is 6.79 Å². The summed E-state index contributed by atoms with van der Waals surface area (Å²) in [5.41, 5.74) is 7.50. The zero-order valence-electron chi connectivity index (χ0n) is 15.8. The minimum atomic E-state index is 0.246. The number of nitrogens with zero attached hydrogens (tertiary/aromatic N) is 5. The Morgan fingerprint density at radius 2 is 1.86 bits per heavy atom. The molecule has 3 aromatic rings. The van der Waals surface area contributed by atoms with E-state index < -0.39 is 0 Å². The molecule has 8 nitrogen and oxygen atoms in total. The van der Waals surface area contributed by atoms with Gasteiger partial charge in [0.25, 0.3) is 0 Å². The van der Waals surface area contributed by atoms with Gasteiger partial charge in [-0.05, 0) is 54.0 Å². The first-order valence-corrected chi connectivity index (χ1v) is 11.3. The molecule has 0 radical (unpaired) electrons. The molecule has 2 aromatic heterocycles. The second kappa shape index (κ2) is 8.00. The third kappa shape index (κ3) is 3.76. The van der Waals surface area contributed by atoms with Crippen molar-refractivity contribution in [1.82, 2.24) is 24.4 Å². The summed E-state index contributed by atoms with van der Waals surface area (Å²) in [6.07, 6.45) is 5.37. The van der Waals surface area contributed by atoms with Gasteiger partial charge in [-0.25, -0.2) is 15.0 Å². The highest BCUT2D eigenvalue weighted by Crippen LogP contribution is 2.43. The highest BCUT2D eigenvalue weighted by molar-refractivity contribution is 9.10. The van der Waals surface area contributed by atoms with Crippen LogP contribution in [-0.2, 0) is 6.54 Å². The van der Waals surface area contributed by atoms with E-state index >= 15 is 0 Å². The smallest absolute Gasteiger partial charge is 0.231 e. The van der Waals surface area contributed by atoms with Crippen LogP contribution in [0.5, 0.6) is 11.5 Å². The Bertz CT molecular complexity index is 1050. The standard InChI is InChI=1S/C19H21BrN6O2S/c20-12-8-13-14(28-11-27-13)9-15(12)29-19-24-16-17(21)22-10-23-18(16)26(19)7-6-25-4-2-1-3-5-25/h8-10H,1-7,11H2,(H2,21,22,23). The van der Waals surface area contributed by atoms with Crippen LogP contribution in [0.25, 0.3) is 11.2 Å². The predicted molar refractivity (Wildman–Crippen MR) is 114 cm³/mol. The van der Waals surface area contributed by atoms with Gasteiger partial charge in [0.1, 0.15) is 6.33 Å². The summed E-state index contributed by atoms with van der Waals surface area (Å²) < 4.78 is 14.1. The van der Waals surface area contributed by atoms with E-state index in [0.29, 0.717) is 11.3 Å². The Morgan fingerprint density at radius 3 is 2.69 bits per heavy atom. The van der Waals surface area contributed by atoms with Crippen LogP contribution in [0, 0.1) is 0 Å². The van der Waals surface area contributed by atoms with E-state index in [0.717, 1.165) is 57.8 Å². The Labute approximate surface area is 180 Å². The van der Waals surface area contributed by atoms with E-state index in [4.69, 9.17) is 20.2 Å². The van der Waals surface area contributed by atoms with E-state index in [1.165, 1.54) is 25.6 Å². The van der Waals surface area contributed by atoms with Crippen LogP contribution in [0.3, 0.4) is 0 Å². The molecule has 0 unspecified atom stereocenters. The van der Waals surface area contributed by atoms with Crippen LogP contribution in [0.1, 0.15) is 19.3 Å². The number of aromatic nitrogens is 4. The first-order valence-electron chi connectivity index (χ1n) is 9.65. The Kier molecular flexibility index (Phi) is 5.23. The van der Waals surface area contributed by atoms with Crippen LogP contribution >= 0.6 is 27.7 Å². The molecule has 10 heteroatoms. The minimum absolute atomic E-state index is 0.246. The molecule has 2 N–H and O–H groups in total. The summed E-state index contributed by atoms with van der Waals surface area (Å²) >= 11 is 5.19. The van der Waals surface area contributed by atoms with Crippen molar-refractivity contribution in [2.45, 2.75) is 35.9 Å². The fourth-order valence-electron chi connectivity index (χ4n) is 3.71. The van der Waals surface area contributed by atoms with Gasteiger partial charge in [0, 0.05) is 22.5 Å². The Morgan fingerprint density at radius 1 is 1.07 bits per heavy atom. The largest absolute Gasteiger partial charge is 0.454 e. The lowest BCUT2D eigenvalue weighted by Gasteiger charge is -2.26. The molecule has 1 saturated heterocycles. The molecule has 5 rings (SSSR count). The molecular weight excluding hydrogens is 456 g/mol. The summed E-state index contributed by atoms with van der Waals surface area (Å²) in [4.78, 5) is 16.8. The number of piperidine rings is 1. The van der Waals surface area contributed by atoms with Crippen LogP contribution in [0.15, 0.2) is 33.0 Å². The highest BCUT2D eigenvalue weighted by Gasteiger charge is 2.21. The number of rotatable bonds is 5. The zero-order valence-corrected chi connectivity index (χ0v) is 18.2. The molecule has 2 aliphatic rings. The van der Waals surface area contributed by atoms with E-state index in [1.54, 1.807) is 11.8 Å². The number of benzene rings is 1. The lowest BCUT2D eigenvalue weighted by Crippen LogP contribution is -2.32. The summed E-state index contributed by atoms with van der Waals surface area (Å²) in [7, 11) is 0. The average Bonchev–Trinajstić information content (AvgIpc) is 3.32. The van der Waals surface area contributed by atoms with Gasteiger partial charge in [0.15, 0.2) is 33.6 Å². The second-order valence-corrected chi connectivity index (χ2v) is 8.98. The van der Waals surface area contributed by atoms with Crippen LogP contribution in [0.2, 0.25) is 0 Å². The number of anilines is 1. The van der Waals surface area contributed by atoms with Crippen molar-refractivity contribution in [2.75, 3.05) is 32.2 Å². The molecule has 0 spiro atoms.